The lowest BCUT2D eigenvalue weighted by Gasteiger charge is -2.28. The molecule has 0 bridgehead atoms. The summed E-state index contributed by atoms with van der Waals surface area (Å²) in [5.41, 5.74) is 4.79. The smallest absolute Gasteiger partial charge is 0.319 e. The average Bonchev–Trinajstić information content (AvgIpc) is 2.90. The first-order valence-electron chi connectivity index (χ1n) is 11.4. The van der Waals surface area contributed by atoms with Crippen molar-refractivity contribution in [3.8, 4) is 11.8 Å². The Hall–Kier alpha value is -2.92. The lowest BCUT2D eigenvalue weighted by Crippen LogP contribution is -2.28. The Balaban J connectivity index is 1.60. The van der Waals surface area contributed by atoms with Gasteiger partial charge in [0, 0.05) is 10.4 Å². The monoisotopic (exact) mass is 681 g/mol. The van der Waals surface area contributed by atoms with Crippen molar-refractivity contribution in [1.82, 2.24) is 0 Å². The summed E-state index contributed by atoms with van der Waals surface area (Å²) in [5.74, 6) is -0.388. The Morgan fingerprint density at radius 1 is 0.946 bits per heavy atom. The zero-order chi connectivity index (χ0) is 26.5. The number of carbonyl (C=O) groups excluding carboxylic acids is 1. The first kappa shape index (κ1) is 27.1. The molecule has 7 heteroatoms. The molecule has 0 saturated carbocycles. The molecule has 186 valence electrons. The summed E-state index contributed by atoms with van der Waals surface area (Å²) in [4.78, 5) is 13.4. The van der Waals surface area contributed by atoms with Gasteiger partial charge in [0.25, 0.3) is 0 Å². The van der Waals surface area contributed by atoms with Crippen molar-refractivity contribution in [2.45, 2.75) is 12.8 Å². The molecule has 3 aromatic rings. The number of methoxy groups -OCH3 is 1. The van der Waals surface area contributed by atoms with Crippen molar-refractivity contribution in [3.63, 3.8) is 0 Å². The summed E-state index contributed by atoms with van der Waals surface area (Å²) >= 11 is 10.5. The highest BCUT2D eigenvalue weighted by Crippen LogP contribution is 2.43. The maximum absolute atomic E-state index is 13.4. The van der Waals surface area contributed by atoms with Gasteiger partial charge in [-0.05, 0) is 73.7 Å². The van der Waals surface area contributed by atoms with Crippen LogP contribution in [0.2, 0.25) is 0 Å². The van der Waals surface area contributed by atoms with Crippen LogP contribution in [0, 0.1) is 24.2 Å². The number of halogens is 3. The van der Waals surface area contributed by atoms with Crippen molar-refractivity contribution < 1.29 is 14.3 Å². The van der Waals surface area contributed by atoms with E-state index in [1.807, 2.05) is 24.3 Å². The fourth-order valence-corrected chi connectivity index (χ4v) is 6.19. The second kappa shape index (κ2) is 12.1. The van der Waals surface area contributed by atoms with Crippen LogP contribution in [0.1, 0.15) is 33.7 Å². The highest BCUT2D eigenvalue weighted by atomic mass is 79.9. The van der Waals surface area contributed by atoms with E-state index in [1.165, 1.54) is 5.56 Å². The molecule has 0 radical (unpaired) electrons. The van der Waals surface area contributed by atoms with Crippen molar-refractivity contribution in [2.75, 3.05) is 7.11 Å². The number of benzene rings is 3. The lowest BCUT2D eigenvalue weighted by molar-refractivity contribution is -0.137. The Morgan fingerprint density at radius 2 is 1.51 bits per heavy atom. The Labute approximate surface area is 241 Å². The summed E-state index contributed by atoms with van der Waals surface area (Å²) in [6.07, 6.45) is 7.71. The highest BCUT2D eigenvalue weighted by Gasteiger charge is 2.36. The Morgan fingerprint density at radius 3 is 2.05 bits per heavy atom. The molecule has 0 saturated heterocycles. The molecule has 0 aromatic heterocycles. The van der Waals surface area contributed by atoms with Gasteiger partial charge in [-0.1, -0.05) is 88.3 Å². The number of esters is 1. The third-order valence-electron chi connectivity index (χ3n) is 5.99. The van der Waals surface area contributed by atoms with Gasteiger partial charge < -0.3 is 9.47 Å². The van der Waals surface area contributed by atoms with Gasteiger partial charge >= 0.3 is 5.97 Å². The number of aryl methyl sites for hydroxylation is 1. The molecule has 1 aliphatic carbocycles. The molecule has 3 aromatic carbocycles. The molecular weight excluding hydrogens is 662 g/mol. The summed E-state index contributed by atoms with van der Waals surface area (Å²) < 4.78 is 13.1. The van der Waals surface area contributed by atoms with Crippen molar-refractivity contribution >= 4 is 65.9 Å². The molecule has 0 N–H and O–H groups in total. The summed E-state index contributed by atoms with van der Waals surface area (Å²) in [5, 5.41) is 9.19. The van der Waals surface area contributed by atoms with Gasteiger partial charge in [-0.3, -0.25) is 4.79 Å². The molecule has 2 unspecified atom stereocenters. The van der Waals surface area contributed by atoms with Gasteiger partial charge in [-0.15, -0.1) is 0 Å². The topological polar surface area (TPSA) is 59.3 Å². The number of nitrogens with zero attached hydrogens (tertiary/aromatic N) is 1. The Kier molecular flexibility index (Phi) is 8.86. The highest BCUT2D eigenvalue weighted by molar-refractivity contribution is 9.12. The summed E-state index contributed by atoms with van der Waals surface area (Å²) in [6.45, 7) is 2.07. The van der Waals surface area contributed by atoms with Crippen LogP contribution in [-0.2, 0) is 9.53 Å². The van der Waals surface area contributed by atoms with Crippen LogP contribution < -0.4 is 4.74 Å². The molecule has 4 nitrogen and oxygen atoms in total. The average molecular weight is 684 g/mol. The molecule has 2 atom stereocenters. The molecule has 0 fully saturated rings. The number of carbonyl (C=O) groups is 1. The maximum atomic E-state index is 13.4. The van der Waals surface area contributed by atoms with Crippen LogP contribution in [0.25, 0.3) is 12.2 Å². The standard InChI is InChI=1S/C30H22Br3NO3/c1-18-3-5-19(6-4-18)7-8-20-9-11-22(12-10-20)27-23(13-14-26(36-2)28(27)33)30(35)37-29-24(31)15-21(17-34)16-25(29)32/h3-16,23,27H,1-2H3/b8-7+. The van der Waals surface area contributed by atoms with Crippen molar-refractivity contribution in [1.29, 1.82) is 5.26 Å². The van der Waals surface area contributed by atoms with Gasteiger partial charge in [0.15, 0.2) is 5.75 Å². The normalized spacial score (nSPS) is 17.1. The lowest BCUT2D eigenvalue weighted by atomic mass is 9.82. The zero-order valence-electron chi connectivity index (χ0n) is 20.0. The molecule has 4 rings (SSSR count). The first-order valence-corrected chi connectivity index (χ1v) is 13.8. The number of ether oxygens (including phenoxy) is 2. The molecule has 37 heavy (non-hydrogen) atoms. The van der Waals surface area contributed by atoms with E-state index in [0.29, 0.717) is 26.0 Å². The SMILES string of the molecule is COC1=C(Br)C(c2ccc(/C=C/c3ccc(C)cc3)cc2)C(C(=O)Oc2c(Br)cc(C#N)cc2Br)C=C1. The number of hydrogen-bond acceptors (Lipinski definition) is 4. The van der Waals surface area contributed by atoms with E-state index in [0.717, 1.165) is 21.2 Å². The molecule has 0 aliphatic heterocycles. The predicted octanol–water partition coefficient (Wildman–Crippen LogP) is 8.69. The van der Waals surface area contributed by atoms with Gasteiger partial charge in [0.05, 0.1) is 33.6 Å². The summed E-state index contributed by atoms with van der Waals surface area (Å²) in [7, 11) is 1.60. The van der Waals surface area contributed by atoms with Crippen LogP contribution in [0.5, 0.6) is 5.75 Å². The minimum atomic E-state index is -0.600. The molecule has 0 spiro atoms. The first-order chi connectivity index (χ1) is 17.8. The fraction of sp³-hybridized carbons (Fsp3) is 0.133. The van der Waals surface area contributed by atoms with E-state index >= 15 is 0 Å². The van der Waals surface area contributed by atoms with E-state index < -0.39 is 11.9 Å². The minimum Gasteiger partial charge on any atom is -0.496 e. The van der Waals surface area contributed by atoms with E-state index in [4.69, 9.17) is 9.47 Å². The Bertz CT molecular complexity index is 1430. The van der Waals surface area contributed by atoms with E-state index in [1.54, 1.807) is 31.4 Å². The number of allylic oxidation sites excluding steroid dienone is 2. The second-order valence-corrected chi connectivity index (χ2v) is 11.1. The second-order valence-electron chi connectivity index (χ2n) is 8.49. The van der Waals surface area contributed by atoms with Crippen molar-refractivity contribution in [2.24, 2.45) is 5.92 Å². The van der Waals surface area contributed by atoms with Crippen LogP contribution in [-0.4, -0.2) is 13.1 Å². The largest absolute Gasteiger partial charge is 0.496 e. The zero-order valence-corrected chi connectivity index (χ0v) is 24.8. The van der Waals surface area contributed by atoms with Crippen LogP contribution in [0.3, 0.4) is 0 Å². The molecular formula is C30H22Br3NO3. The molecule has 0 amide bonds. The van der Waals surface area contributed by atoms with E-state index in [9.17, 15) is 10.1 Å². The minimum absolute atomic E-state index is 0.324. The number of hydrogen-bond donors (Lipinski definition) is 0. The van der Waals surface area contributed by atoms with Gasteiger partial charge in [-0.25, -0.2) is 0 Å². The predicted molar refractivity (Wildman–Crippen MR) is 157 cm³/mol. The van der Waals surface area contributed by atoms with Crippen LogP contribution in [0.4, 0.5) is 0 Å². The number of rotatable bonds is 6. The maximum Gasteiger partial charge on any atom is 0.319 e. The van der Waals surface area contributed by atoms with Gasteiger partial charge in [0.1, 0.15) is 5.76 Å². The van der Waals surface area contributed by atoms with Crippen LogP contribution in [0.15, 0.2) is 92.0 Å². The third kappa shape index (κ3) is 6.32. The third-order valence-corrected chi connectivity index (χ3v) is 8.05. The van der Waals surface area contributed by atoms with Gasteiger partial charge in [-0.2, -0.15) is 5.26 Å². The van der Waals surface area contributed by atoms with E-state index in [-0.39, 0.29) is 5.92 Å². The summed E-state index contributed by atoms with van der Waals surface area (Å²) in [6, 6.07) is 21.7. The van der Waals surface area contributed by atoms with Crippen LogP contribution >= 0.6 is 47.8 Å². The molecule has 1 aliphatic rings. The van der Waals surface area contributed by atoms with E-state index in [2.05, 4.69) is 97.2 Å². The fourth-order valence-electron chi connectivity index (χ4n) is 4.00. The molecule has 0 heterocycles. The quantitative estimate of drug-likeness (QED) is 0.148. The van der Waals surface area contributed by atoms with Crippen molar-refractivity contribution in [3.05, 3.63) is 120 Å². The number of nitriles is 1. The van der Waals surface area contributed by atoms with Gasteiger partial charge in [0.2, 0.25) is 0 Å².